The minimum atomic E-state index is -1.99. The number of methoxy groups -OCH3 is 1. The summed E-state index contributed by atoms with van der Waals surface area (Å²) in [6.07, 6.45) is -8.28. The van der Waals surface area contributed by atoms with Gasteiger partial charge in [-0.05, 0) is 74.9 Å². The van der Waals surface area contributed by atoms with Crippen molar-refractivity contribution in [2.24, 2.45) is 23.7 Å². The van der Waals surface area contributed by atoms with Crippen LogP contribution in [0.1, 0.15) is 108 Å². The Kier molecular flexibility index (Phi) is 18.0. The summed E-state index contributed by atoms with van der Waals surface area (Å²) in [6, 6.07) is -0.159. The molecule has 0 radical (unpaired) electrons. The van der Waals surface area contributed by atoms with Gasteiger partial charge in [0, 0.05) is 37.7 Å². The molecular weight excluding hydrogens is 730 g/mol. The molecule has 18 atom stereocenters. The van der Waals surface area contributed by atoms with E-state index in [0.29, 0.717) is 18.6 Å². The van der Waals surface area contributed by atoms with Crippen LogP contribution < -0.4 is 0 Å². The number of carbonyl (C=O) groups is 2. The SMILES string of the molecule is C=C(CC)O[C@H]1[C@H](O[C@@H]2[C@@H](C)[C@H](O[C@H]3C[C@@](C)(OC)[C@@H](O)[C@H](C)O3)[C@@H](C)C(=O)O[C@H](CC)[C@@](C)(O)[C@H](O)[C@@H](C)C(=O)[C@H](C)C[C@@]2(C)O)O[C@H](C)C[C@@H]1N(C)C.O. The molecule has 0 spiro atoms. The number of nitrogens with zero attached hydrogens (tertiary/aromatic N) is 1. The molecule has 0 aliphatic carbocycles. The predicted octanol–water partition coefficient (Wildman–Crippen LogP) is 2.91. The summed E-state index contributed by atoms with van der Waals surface area (Å²) >= 11 is 0. The minimum absolute atomic E-state index is 0. The molecule has 0 amide bonds. The molecule has 0 saturated carbocycles. The number of carbonyl (C=O) groups excluding carboxylic acids is 2. The van der Waals surface area contributed by atoms with Gasteiger partial charge in [-0.2, -0.15) is 0 Å². The molecule has 3 aliphatic rings. The van der Waals surface area contributed by atoms with Gasteiger partial charge in [0.2, 0.25) is 0 Å². The lowest BCUT2D eigenvalue weighted by atomic mass is 9.74. The maximum atomic E-state index is 14.2. The third-order valence-electron chi connectivity index (χ3n) is 12.5. The van der Waals surface area contributed by atoms with Gasteiger partial charge in [-0.25, -0.2) is 0 Å². The third kappa shape index (κ3) is 11.1. The van der Waals surface area contributed by atoms with Crippen molar-refractivity contribution >= 4 is 11.8 Å². The molecule has 3 aliphatic heterocycles. The summed E-state index contributed by atoms with van der Waals surface area (Å²) in [5, 5.41) is 46.7. The van der Waals surface area contributed by atoms with Crippen LogP contribution in [0.5, 0.6) is 0 Å². The number of esters is 1. The van der Waals surface area contributed by atoms with E-state index in [4.69, 9.17) is 33.2 Å². The zero-order chi connectivity index (χ0) is 42.0. The first-order valence-electron chi connectivity index (χ1n) is 20.1. The zero-order valence-electron chi connectivity index (χ0n) is 36.3. The van der Waals surface area contributed by atoms with E-state index in [1.807, 2.05) is 32.8 Å². The zero-order valence-corrected chi connectivity index (χ0v) is 36.3. The molecule has 15 nitrogen and oxygen atoms in total. The van der Waals surface area contributed by atoms with Gasteiger partial charge in [-0.1, -0.05) is 41.2 Å². The van der Waals surface area contributed by atoms with Crippen LogP contribution in [0.25, 0.3) is 0 Å². The van der Waals surface area contributed by atoms with Crippen LogP contribution >= 0.6 is 0 Å². The van der Waals surface area contributed by atoms with Crippen molar-refractivity contribution in [3.05, 3.63) is 12.3 Å². The number of likely N-dealkylation sites (N-methyl/N-ethyl adjacent to an activating group) is 1. The second kappa shape index (κ2) is 20.0. The van der Waals surface area contributed by atoms with Gasteiger partial charge in [0.15, 0.2) is 18.7 Å². The van der Waals surface area contributed by atoms with E-state index in [9.17, 15) is 30.0 Å². The fourth-order valence-corrected chi connectivity index (χ4v) is 8.80. The summed E-state index contributed by atoms with van der Waals surface area (Å²) in [7, 11) is 5.39. The molecule has 328 valence electrons. The Morgan fingerprint density at radius 2 is 1.52 bits per heavy atom. The second-order valence-electron chi connectivity index (χ2n) is 17.5. The lowest BCUT2D eigenvalue weighted by Gasteiger charge is -2.49. The molecule has 0 bridgehead atoms. The highest BCUT2D eigenvalue weighted by atomic mass is 16.7. The topological polar surface area (TPSA) is 214 Å². The van der Waals surface area contributed by atoms with Gasteiger partial charge in [0.05, 0.1) is 59.4 Å². The molecule has 6 N–H and O–H groups in total. The molecule has 3 saturated heterocycles. The molecule has 56 heavy (non-hydrogen) atoms. The van der Waals surface area contributed by atoms with Gasteiger partial charge in [0.25, 0.3) is 0 Å². The highest BCUT2D eigenvalue weighted by Gasteiger charge is 2.54. The monoisotopic (exact) mass is 806 g/mol. The Balaban J connectivity index is 0.0000108. The van der Waals surface area contributed by atoms with Gasteiger partial charge >= 0.3 is 5.97 Å². The number of aliphatic hydroxyl groups is 4. The van der Waals surface area contributed by atoms with Gasteiger partial charge in [-0.15, -0.1) is 0 Å². The number of Topliss-reactive ketones (excluding diaryl/α,β-unsaturated/α-hetero) is 1. The Labute approximate surface area is 334 Å². The lowest BCUT2D eigenvalue weighted by Crippen LogP contribution is -2.61. The quantitative estimate of drug-likeness (QED) is 0.185. The Morgan fingerprint density at radius 3 is 2.05 bits per heavy atom. The number of hydrogen-bond acceptors (Lipinski definition) is 14. The van der Waals surface area contributed by atoms with E-state index in [1.165, 1.54) is 21.0 Å². The number of aliphatic hydroxyl groups excluding tert-OH is 2. The number of rotatable bonds is 10. The van der Waals surface area contributed by atoms with E-state index in [-0.39, 0.29) is 36.9 Å². The summed E-state index contributed by atoms with van der Waals surface area (Å²) in [6.45, 7) is 22.7. The fourth-order valence-electron chi connectivity index (χ4n) is 8.80. The first-order chi connectivity index (χ1) is 25.4. The standard InChI is InChI=1S/C41H73NO13.H2O/c1-16-22(4)50-33-28(42(13)14)18-23(5)51-38(33)55-36-25(7)32(54-30-20-40(11,49-15)35(45)27(9)52-30)26(8)37(46)53-29(17-2)41(12,48)34(44)24(6)31(43)21(3)19-39(36,10)47;/h21,23-30,32-36,38,44-45,47-48H,4,16-20H2,1-3,5-15H3;1H2/t21-,23-,24+,25+,26-,27+,28+,29-,30+,32+,33-,34-,35+,36-,38+,39-,40-,41-;/m1./s1. The Hall–Kier alpha value is -1.76. The van der Waals surface area contributed by atoms with E-state index in [1.54, 1.807) is 48.5 Å². The molecule has 15 heteroatoms. The van der Waals surface area contributed by atoms with Crippen LogP contribution in [0.2, 0.25) is 0 Å². The Bertz CT molecular complexity index is 1290. The third-order valence-corrected chi connectivity index (χ3v) is 12.5. The van der Waals surface area contributed by atoms with Crippen LogP contribution in [-0.4, -0.2) is 148 Å². The fraction of sp³-hybridized carbons (Fsp3) is 0.902. The van der Waals surface area contributed by atoms with E-state index in [0.717, 1.165) is 0 Å². The largest absolute Gasteiger partial charge is 0.488 e. The highest BCUT2D eigenvalue weighted by molar-refractivity contribution is 5.83. The second-order valence-corrected chi connectivity index (χ2v) is 17.5. The maximum absolute atomic E-state index is 14.2. The van der Waals surface area contributed by atoms with Crippen molar-refractivity contribution in [2.75, 3.05) is 21.2 Å². The number of ketones is 1. The minimum Gasteiger partial charge on any atom is -0.488 e. The molecule has 3 fully saturated rings. The van der Waals surface area contributed by atoms with E-state index >= 15 is 0 Å². The summed E-state index contributed by atoms with van der Waals surface area (Å²) in [4.78, 5) is 30.2. The van der Waals surface area contributed by atoms with Crippen molar-refractivity contribution in [3.63, 3.8) is 0 Å². The lowest BCUT2D eigenvalue weighted by molar-refractivity contribution is -0.319. The van der Waals surface area contributed by atoms with Gasteiger partial charge in [0.1, 0.15) is 23.6 Å². The highest BCUT2D eigenvalue weighted by Crippen LogP contribution is 2.41. The van der Waals surface area contributed by atoms with Gasteiger partial charge < -0.3 is 64.0 Å². The van der Waals surface area contributed by atoms with E-state index in [2.05, 4.69) is 6.58 Å². The maximum Gasteiger partial charge on any atom is 0.311 e. The average molecular weight is 806 g/mol. The molecule has 3 heterocycles. The Morgan fingerprint density at radius 1 is 0.911 bits per heavy atom. The van der Waals surface area contributed by atoms with Crippen molar-refractivity contribution in [1.29, 1.82) is 0 Å². The van der Waals surface area contributed by atoms with Crippen molar-refractivity contribution in [3.8, 4) is 0 Å². The molecular formula is C41H75NO14. The first kappa shape index (κ1) is 50.4. The summed E-state index contributed by atoms with van der Waals surface area (Å²) in [5.74, 6) is -4.35. The van der Waals surface area contributed by atoms with Crippen molar-refractivity contribution in [1.82, 2.24) is 4.90 Å². The smallest absolute Gasteiger partial charge is 0.311 e. The van der Waals surface area contributed by atoms with Crippen LogP contribution in [0.15, 0.2) is 12.3 Å². The van der Waals surface area contributed by atoms with Crippen LogP contribution in [-0.2, 0) is 42.7 Å². The molecule has 0 aromatic heterocycles. The first-order valence-corrected chi connectivity index (χ1v) is 20.1. The molecule has 0 unspecified atom stereocenters. The number of hydrogen-bond donors (Lipinski definition) is 4. The number of cyclic esters (lactones) is 1. The van der Waals surface area contributed by atoms with Gasteiger partial charge in [-0.3, -0.25) is 9.59 Å². The molecule has 3 rings (SSSR count). The summed E-state index contributed by atoms with van der Waals surface area (Å²) in [5.41, 5.74) is -4.82. The van der Waals surface area contributed by atoms with Crippen LogP contribution in [0.3, 0.4) is 0 Å². The van der Waals surface area contributed by atoms with Crippen LogP contribution in [0, 0.1) is 23.7 Å². The normalized spacial score (nSPS) is 46.0. The average Bonchev–Trinajstić information content (AvgIpc) is 3.11. The number of ether oxygens (including phenoxy) is 7. The predicted molar refractivity (Wildman–Crippen MR) is 208 cm³/mol. The number of allylic oxidation sites excluding steroid dienone is 1. The summed E-state index contributed by atoms with van der Waals surface area (Å²) < 4.78 is 44.4. The van der Waals surface area contributed by atoms with Crippen molar-refractivity contribution in [2.45, 2.75) is 193 Å². The van der Waals surface area contributed by atoms with E-state index < -0.39 is 108 Å². The van der Waals surface area contributed by atoms with Crippen LogP contribution in [0.4, 0.5) is 0 Å². The molecule has 0 aromatic carbocycles. The molecule has 0 aromatic rings. The van der Waals surface area contributed by atoms with Crippen molar-refractivity contribution < 1.29 is 68.6 Å².